The molecule has 3 heteroatoms. The summed E-state index contributed by atoms with van der Waals surface area (Å²) in [5.41, 5.74) is 5.69. The van der Waals surface area contributed by atoms with Gasteiger partial charge in [0.15, 0.2) is 0 Å². The van der Waals surface area contributed by atoms with Crippen LogP contribution in [-0.2, 0) is 0 Å². The lowest BCUT2D eigenvalue weighted by molar-refractivity contribution is 0.109. The quantitative estimate of drug-likeness (QED) is 0.787. The Morgan fingerprint density at radius 2 is 1.65 bits per heavy atom. The predicted molar refractivity (Wildman–Crippen MR) is 73.1 cm³/mol. The molecular formula is C14H29N3. The molecule has 0 aromatic rings. The van der Waals surface area contributed by atoms with Crippen LogP contribution in [-0.4, -0.2) is 55.6 Å². The molecule has 1 atom stereocenters. The van der Waals surface area contributed by atoms with Crippen molar-refractivity contribution in [3.8, 4) is 0 Å². The molecule has 1 aliphatic heterocycles. The summed E-state index contributed by atoms with van der Waals surface area (Å²) in [5.74, 6) is 1.65. The molecule has 2 aliphatic rings. The highest BCUT2D eigenvalue weighted by atomic mass is 15.3. The lowest BCUT2D eigenvalue weighted by atomic mass is 10.1. The molecule has 2 rings (SSSR count). The first-order valence-electron chi connectivity index (χ1n) is 7.42. The first-order chi connectivity index (χ1) is 8.28. The van der Waals surface area contributed by atoms with Crippen LogP contribution in [0.2, 0.25) is 0 Å². The van der Waals surface area contributed by atoms with Crippen molar-refractivity contribution in [1.82, 2.24) is 9.80 Å². The fourth-order valence-corrected chi connectivity index (χ4v) is 3.23. The SMILES string of the molecule is CC(CN)CN1CCN(CC2CCCC2)CC1. The van der Waals surface area contributed by atoms with Gasteiger partial charge < -0.3 is 15.5 Å². The van der Waals surface area contributed by atoms with Gasteiger partial charge in [0.05, 0.1) is 0 Å². The zero-order valence-corrected chi connectivity index (χ0v) is 11.4. The molecule has 1 heterocycles. The van der Waals surface area contributed by atoms with Gasteiger partial charge in [-0.15, -0.1) is 0 Å². The zero-order valence-electron chi connectivity index (χ0n) is 11.4. The van der Waals surface area contributed by atoms with Crippen molar-refractivity contribution in [2.24, 2.45) is 17.6 Å². The third-order valence-electron chi connectivity index (χ3n) is 4.43. The van der Waals surface area contributed by atoms with Gasteiger partial charge in [-0.05, 0) is 31.2 Å². The van der Waals surface area contributed by atoms with Crippen LogP contribution in [0.25, 0.3) is 0 Å². The second-order valence-electron chi connectivity index (χ2n) is 6.09. The molecule has 1 saturated carbocycles. The monoisotopic (exact) mass is 239 g/mol. The summed E-state index contributed by atoms with van der Waals surface area (Å²) in [6, 6.07) is 0. The maximum absolute atomic E-state index is 5.69. The highest BCUT2D eigenvalue weighted by Gasteiger charge is 2.22. The molecule has 0 amide bonds. The van der Waals surface area contributed by atoms with E-state index in [1.165, 1.54) is 65.0 Å². The lowest BCUT2D eigenvalue weighted by Gasteiger charge is -2.36. The summed E-state index contributed by atoms with van der Waals surface area (Å²) in [4.78, 5) is 5.27. The first-order valence-corrected chi connectivity index (χ1v) is 7.42. The van der Waals surface area contributed by atoms with Gasteiger partial charge in [0, 0.05) is 39.3 Å². The number of piperazine rings is 1. The molecule has 0 aromatic heterocycles. The number of rotatable bonds is 5. The van der Waals surface area contributed by atoms with E-state index in [4.69, 9.17) is 5.73 Å². The number of nitrogens with zero attached hydrogens (tertiary/aromatic N) is 2. The Morgan fingerprint density at radius 3 is 2.24 bits per heavy atom. The highest BCUT2D eigenvalue weighted by molar-refractivity contribution is 4.77. The number of nitrogens with two attached hydrogens (primary N) is 1. The largest absolute Gasteiger partial charge is 0.330 e. The summed E-state index contributed by atoms with van der Waals surface area (Å²) in [6.07, 6.45) is 5.89. The standard InChI is InChI=1S/C14H29N3/c1-13(10-15)11-16-6-8-17(9-7-16)12-14-4-2-3-5-14/h13-14H,2-12,15H2,1H3. The van der Waals surface area contributed by atoms with Gasteiger partial charge in [-0.2, -0.15) is 0 Å². The molecule has 0 spiro atoms. The van der Waals surface area contributed by atoms with E-state index < -0.39 is 0 Å². The Labute approximate surface area is 106 Å². The van der Waals surface area contributed by atoms with Crippen LogP contribution >= 0.6 is 0 Å². The predicted octanol–water partition coefficient (Wildman–Crippen LogP) is 1.39. The van der Waals surface area contributed by atoms with Crippen molar-refractivity contribution in [3.05, 3.63) is 0 Å². The lowest BCUT2D eigenvalue weighted by Crippen LogP contribution is -2.49. The van der Waals surface area contributed by atoms with E-state index in [1.54, 1.807) is 0 Å². The molecule has 0 aromatic carbocycles. The fraction of sp³-hybridized carbons (Fsp3) is 1.00. The summed E-state index contributed by atoms with van der Waals surface area (Å²) in [6.45, 7) is 10.7. The summed E-state index contributed by atoms with van der Waals surface area (Å²) < 4.78 is 0. The van der Waals surface area contributed by atoms with Crippen LogP contribution < -0.4 is 5.73 Å². The average Bonchev–Trinajstić information content (AvgIpc) is 2.84. The molecule has 2 N–H and O–H groups in total. The minimum atomic E-state index is 0.649. The van der Waals surface area contributed by atoms with E-state index in [0.29, 0.717) is 5.92 Å². The van der Waals surface area contributed by atoms with E-state index >= 15 is 0 Å². The zero-order chi connectivity index (χ0) is 12.1. The Bertz CT molecular complexity index is 206. The van der Waals surface area contributed by atoms with E-state index in [2.05, 4.69) is 16.7 Å². The Hall–Kier alpha value is -0.120. The maximum Gasteiger partial charge on any atom is 0.0110 e. The summed E-state index contributed by atoms with van der Waals surface area (Å²) in [5, 5.41) is 0. The molecule has 3 nitrogen and oxygen atoms in total. The molecule has 0 bridgehead atoms. The minimum Gasteiger partial charge on any atom is -0.330 e. The van der Waals surface area contributed by atoms with Gasteiger partial charge in [0.1, 0.15) is 0 Å². The van der Waals surface area contributed by atoms with Crippen molar-refractivity contribution >= 4 is 0 Å². The van der Waals surface area contributed by atoms with Crippen LogP contribution in [0.1, 0.15) is 32.6 Å². The topological polar surface area (TPSA) is 32.5 Å². The van der Waals surface area contributed by atoms with Gasteiger partial charge in [-0.25, -0.2) is 0 Å². The molecule has 2 fully saturated rings. The smallest absolute Gasteiger partial charge is 0.0110 e. The van der Waals surface area contributed by atoms with Gasteiger partial charge in [-0.1, -0.05) is 19.8 Å². The Kier molecular flexibility index (Phi) is 5.26. The van der Waals surface area contributed by atoms with Crippen molar-refractivity contribution in [3.63, 3.8) is 0 Å². The Morgan fingerprint density at radius 1 is 1.06 bits per heavy atom. The molecule has 0 radical (unpaired) electrons. The van der Waals surface area contributed by atoms with E-state index in [9.17, 15) is 0 Å². The van der Waals surface area contributed by atoms with Crippen molar-refractivity contribution < 1.29 is 0 Å². The fourth-order valence-electron chi connectivity index (χ4n) is 3.23. The second kappa shape index (κ2) is 6.72. The van der Waals surface area contributed by atoms with Crippen LogP contribution in [0.3, 0.4) is 0 Å². The first kappa shape index (κ1) is 13.3. The summed E-state index contributed by atoms with van der Waals surface area (Å²) >= 11 is 0. The van der Waals surface area contributed by atoms with E-state index in [1.807, 2.05) is 0 Å². The van der Waals surface area contributed by atoms with Crippen LogP contribution in [0, 0.1) is 11.8 Å². The van der Waals surface area contributed by atoms with Crippen LogP contribution in [0.4, 0.5) is 0 Å². The van der Waals surface area contributed by atoms with E-state index in [0.717, 1.165) is 12.5 Å². The van der Waals surface area contributed by atoms with Gasteiger partial charge in [-0.3, -0.25) is 0 Å². The minimum absolute atomic E-state index is 0.649. The van der Waals surface area contributed by atoms with E-state index in [-0.39, 0.29) is 0 Å². The van der Waals surface area contributed by atoms with Gasteiger partial charge >= 0.3 is 0 Å². The average molecular weight is 239 g/mol. The second-order valence-corrected chi connectivity index (χ2v) is 6.09. The number of hydrogen-bond acceptors (Lipinski definition) is 3. The molecular weight excluding hydrogens is 210 g/mol. The van der Waals surface area contributed by atoms with Gasteiger partial charge in [0.2, 0.25) is 0 Å². The van der Waals surface area contributed by atoms with Crippen molar-refractivity contribution in [2.45, 2.75) is 32.6 Å². The highest BCUT2D eigenvalue weighted by Crippen LogP contribution is 2.25. The molecule has 1 unspecified atom stereocenters. The van der Waals surface area contributed by atoms with Crippen LogP contribution in [0.5, 0.6) is 0 Å². The van der Waals surface area contributed by atoms with Crippen LogP contribution in [0.15, 0.2) is 0 Å². The van der Waals surface area contributed by atoms with Crippen molar-refractivity contribution in [2.75, 3.05) is 45.8 Å². The molecule has 100 valence electrons. The maximum atomic E-state index is 5.69. The Balaban J connectivity index is 1.63. The molecule has 1 aliphatic carbocycles. The third-order valence-corrected chi connectivity index (χ3v) is 4.43. The molecule has 17 heavy (non-hydrogen) atoms. The number of hydrogen-bond donors (Lipinski definition) is 1. The normalized spacial score (nSPS) is 26.5. The van der Waals surface area contributed by atoms with Crippen molar-refractivity contribution in [1.29, 1.82) is 0 Å². The third kappa shape index (κ3) is 4.23. The molecule has 1 saturated heterocycles. The summed E-state index contributed by atoms with van der Waals surface area (Å²) in [7, 11) is 0. The van der Waals surface area contributed by atoms with Gasteiger partial charge in [0.25, 0.3) is 0 Å².